The predicted molar refractivity (Wildman–Crippen MR) is 64.4 cm³/mol. The summed E-state index contributed by atoms with van der Waals surface area (Å²) in [6.45, 7) is 5.28. The fourth-order valence-electron chi connectivity index (χ4n) is 1.45. The minimum atomic E-state index is -1.22. The standard InChI is InChI=1S/C12H20N2O4/c1-7(2)4-10(15)11(16)14-9(12(17)18)5-8(3)6-13/h7-10,15H,4-5H2,1-3H3,(H,14,16)(H,17,18)/t8-,9-,10+/m1/s1. The Morgan fingerprint density at radius 1 is 1.28 bits per heavy atom. The molecule has 0 rings (SSSR count). The molecule has 0 aliphatic rings. The van der Waals surface area contributed by atoms with Crippen LogP contribution in [-0.4, -0.2) is 34.2 Å². The summed E-state index contributed by atoms with van der Waals surface area (Å²) in [6.07, 6.45) is -0.929. The van der Waals surface area contributed by atoms with Gasteiger partial charge >= 0.3 is 5.97 Å². The summed E-state index contributed by atoms with van der Waals surface area (Å²) in [6, 6.07) is 0.763. The Labute approximate surface area is 107 Å². The van der Waals surface area contributed by atoms with Gasteiger partial charge in [-0.1, -0.05) is 13.8 Å². The molecule has 0 fully saturated rings. The molecule has 0 saturated heterocycles. The maximum Gasteiger partial charge on any atom is 0.326 e. The van der Waals surface area contributed by atoms with E-state index in [9.17, 15) is 14.7 Å². The van der Waals surface area contributed by atoms with E-state index in [4.69, 9.17) is 10.4 Å². The van der Waals surface area contributed by atoms with E-state index in [1.165, 1.54) is 0 Å². The lowest BCUT2D eigenvalue weighted by atomic mass is 10.0. The van der Waals surface area contributed by atoms with Crippen LogP contribution in [0.25, 0.3) is 0 Å². The second-order valence-corrected chi connectivity index (χ2v) is 4.81. The molecular weight excluding hydrogens is 236 g/mol. The van der Waals surface area contributed by atoms with Gasteiger partial charge in [0.25, 0.3) is 0 Å². The van der Waals surface area contributed by atoms with Crippen LogP contribution in [0.1, 0.15) is 33.6 Å². The average Bonchev–Trinajstić information content (AvgIpc) is 2.26. The molecule has 0 spiro atoms. The highest BCUT2D eigenvalue weighted by atomic mass is 16.4. The van der Waals surface area contributed by atoms with Gasteiger partial charge in [-0.05, 0) is 25.7 Å². The first kappa shape index (κ1) is 16.4. The smallest absolute Gasteiger partial charge is 0.326 e. The number of aliphatic hydroxyl groups is 1. The number of carbonyl (C=O) groups excluding carboxylic acids is 1. The molecule has 0 aliphatic heterocycles. The van der Waals surface area contributed by atoms with Crippen molar-refractivity contribution in [2.75, 3.05) is 0 Å². The van der Waals surface area contributed by atoms with Crippen LogP contribution in [0.5, 0.6) is 0 Å². The summed E-state index contributed by atoms with van der Waals surface area (Å²) in [5.74, 6) is -2.26. The number of carboxylic acids is 1. The quantitative estimate of drug-likeness (QED) is 0.614. The number of aliphatic carboxylic acids is 1. The highest BCUT2D eigenvalue weighted by molar-refractivity contribution is 5.86. The molecule has 102 valence electrons. The molecule has 0 bridgehead atoms. The first-order valence-corrected chi connectivity index (χ1v) is 5.88. The minimum Gasteiger partial charge on any atom is -0.480 e. The van der Waals surface area contributed by atoms with Crippen LogP contribution in [-0.2, 0) is 9.59 Å². The van der Waals surface area contributed by atoms with Crippen molar-refractivity contribution >= 4 is 11.9 Å². The molecule has 0 saturated carbocycles. The molecule has 0 radical (unpaired) electrons. The first-order chi connectivity index (χ1) is 8.27. The number of carboxylic acid groups (broad SMARTS) is 1. The van der Waals surface area contributed by atoms with Gasteiger partial charge in [0.05, 0.1) is 6.07 Å². The summed E-state index contributed by atoms with van der Waals surface area (Å²) in [7, 11) is 0. The van der Waals surface area contributed by atoms with Crippen LogP contribution in [0.2, 0.25) is 0 Å². The summed E-state index contributed by atoms with van der Waals surface area (Å²) < 4.78 is 0. The SMILES string of the molecule is CC(C)C[C@H](O)C(=O)N[C@H](C[C@@H](C)C#N)C(=O)O. The normalized spacial score (nSPS) is 15.6. The maximum atomic E-state index is 11.6. The fourth-order valence-corrected chi connectivity index (χ4v) is 1.45. The third-order valence-corrected chi connectivity index (χ3v) is 2.42. The Morgan fingerprint density at radius 3 is 2.22 bits per heavy atom. The predicted octanol–water partition coefficient (Wildman–Crippen LogP) is 0.513. The highest BCUT2D eigenvalue weighted by Gasteiger charge is 2.25. The lowest BCUT2D eigenvalue weighted by molar-refractivity contribution is -0.144. The zero-order chi connectivity index (χ0) is 14.3. The summed E-state index contributed by atoms with van der Waals surface area (Å²) >= 11 is 0. The molecule has 18 heavy (non-hydrogen) atoms. The molecule has 1 amide bonds. The highest BCUT2D eigenvalue weighted by Crippen LogP contribution is 2.08. The van der Waals surface area contributed by atoms with Gasteiger partial charge in [0, 0.05) is 5.92 Å². The van der Waals surface area contributed by atoms with Crippen molar-refractivity contribution in [3.8, 4) is 6.07 Å². The van der Waals surface area contributed by atoms with Crippen molar-refractivity contribution < 1.29 is 19.8 Å². The van der Waals surface area contributed by atoms with Gasteiger partial charge in [-0.15, -0.1) is 0 Å². The third-order valence-electron chi connectivity index (χ3n) is 2.42. The van der Waals surface area contributed by atoms with E-state index in [0.29, 0.717) is 0 Å². The van der Waals surface area contributed by atoms with Gasteiger partial charge in [0.1, 0.15) is 12.1 Å². The van der Waals surface area contributed by atoms with Crippen LogP contribution in [0.15, 0.2) is 0 Å². The molecule has 0 unspecified atom stereocenters. The van der Waals surface area contributed by atoms with E-state index in [1.807, 2.05) is 19.9 Å². The zero-order valence-corrected chi connectivity index (χ0v) is 10.9. The Morgan fingerprint density at radius 2 is 1.83 bits per heavy atom. The molecule has 0 heterocycles. The number of hydrogen-bond acceptors (Lipinski definition) is 4. The Kier molecular flexibility index (Phi) is 6.98. The van der Waals surface area contributed by atoms with Gasteiger partial charge in [-0.3, -0.25) is 4.79 Å². The average molecular weight is 256 g/mol. The molecule has 3 N–H and O–H groups in total. The van der Waals surface area contributed by atoms with Gasteiger partial charge in [0.15, 0.2) is 0 Å². The number of carbonyl (C=O) groups is 2. The van der Waals surface area contributed by atoms with Crippen molar-refractivity contribution in [2.45, 2.75) is 45.8 Å². The number of nitrogens with one attached hydrogen (secondary N) is 1. The summed E-state index contributed by atoms with van der Waals surface area (Å²) in [4.78, 5) is 22.5. The lowest BCUT2D eigenvalue weighted by Gasteiger charge is -2.18. The fraction of sp³-hybridized carbons (Fsp3) is 0.750. The van der Waals surface area contributed by atoms with Crippen molar-refractivity contribution in [1.82, 2.24) is 5.32 Å². The van der Waals surface area contributed by atoms with Crippen LogP contribution in [0.4, 0.5) is 0 Å². The van der Waals surface area contributed by atoms with Gasteiger partial charge in [0.2, 0.25) is 5.91 Å². The van der Waals surface area contributed by atoms with Crippen molar-refractivity contribution in [3.63, 3.8) is 0 Å². The largest absolute Gasteiger partial charge is 0.480 e. The van der Waals surface area contributed by atoms with E-state index < -0.39 is 29.9 Å². The number of amides is 1. The van der Waals surface area contributed by atoms with Crippen LogP contribution in [0, 0.1) is 23.2 Å². The second kappa shape index (κ2) is 7.67. The van der Waals surface area contributed by atoms with E-state index in [1.54, 1.807) is 6.92 Å². The molecule has 6 heteroatoms. The molecule has 0 aromatic carbocycles. The van der Waals surface area contributed by atoms with Crippen LogP contribution < -0.4 is 5.32 Å². The Bertz CT molecular complexity index is 335. The lowest BCUT2D eigenvalue weighted by Crippen LogP contribution is -2.46. The maximum absolute atomic E-state index is 11.6. The number of nitriles is 1. The first-order valence-electron chi connectivity index (χ1n) is 5.88. The van der Waals surface area contributed by atoms with Gasteiger partial charge < -0.3 is 15.5 Å². The van der Waals surface area contributed by atoms with Crippen molar-refractivity contribution in [1.29, 1.82) is 5.26 Å². The second-order valence-electron chi connectivity index (χ2n) is 4.81. The molecule has 0 aromatic heterocycles. The monoisotopic (exact) mass is 256 g/mol. The van der Waals surface area contributed by atoms with Crippen molar-refractivity contribution in [3.05, 3.63) is 0 Å². The summed E-state index contributed by atoms with van der Waals surface area (Å²) in [5, 5.41) is 29.3. The minimum absolute atomic E-state index is 0.0198. The van der Waals surface area contributed by atoms with E-state index in [2.05, 4.69) is 5.32 Å². The van der Waals surface area contributed by atoms with Gasteiger partial charge in [-0.2, -0.15) is 5.26 Å². The van der Waals surface area contributed by atoms with E-state index in [0.717, 1.165) is 0 Å². The topological polar surface area (TPSA) is 110 Å². The Hall–Kier alpha value is -1.61. The Balaban J connectivity index is 4.46. The molecule has 6 nitrogen and oxygen atoms in total. The zero-order valence-electron chi connectivity index (χ0n) is 10.9. The molecule has 0 aromatic rings. The van der Waals surface area contributed by atoms with Crippen LogP contribution in [0.3, 0.4) is 0 Å². The number of hydrogen-bond donors (Lipinski definition) is 3. The van der Waals surface area contributed by atoms with E-state index >= 15 is 0 Å². The van der Waals surface area contributed by atoms with Gasteiger partial charge in [-0.25, -0.2) is 4.79 Å². The van der Waals surface area contributed by atoms with Crippen molar-refractivity contribution in [2.24, 2.45) is 11.8 Å². The third kappa shape index (κ3) is 6.21. The number of nitrogens with zero attached hydrogens (tertiary/aromatic N) is 1. The number of aliphatic hydroxyl groups excluding tert-OH is 1. The van der Waals surface area contributed by atoms with E-state index in [-0.39, 0.29) is 18.8 Å². The summed E-state index contributed by atoms with van der Waals surface area (Å²) in [5.41, 5.74) is 0. The molecular formula is C12H20N2O4. The number of rotatable bonds is 7. The van der Waals surface area contributed by atoms with Crippen LogP contribution >= 0.6 is 0 Å². The molecule has 3 atom stereocenters. The molecule has 0 aliphatic carbocycles.